The summed E-state index contributed by atoms with van der Waals surface area (Å²) in [6.45, 7) is 5.15. The summed E-state index contributed by atoms with van der Waals surface area (Å²) in [5.41, 5.74) is 6.59. The molecule has 0 unspecified atom stereocenters. The van der Waals surface area contributed by atoms with Gasteiger partial charge in [-0.15, -0.1) is 0 Å². The lowest BCUT2D eigenvalue weighted by Gasteiger charge is -2.07. The average molecular weight is 337 g/mol. The molecule has 0 radical (unpaired) electrons. The van der Waals surface area contributed by atoms with Gasteiger partial charge in [-0.1, -0.05) is 36.9 Å². The largest absolute Gasteiger partial charge is 0.480 e. The van der Waals surface area contributed by atoms with Gasteiger partial charge in [-0.25, -0.2) is 4.79 Å². The van der Waals surface area contributed by atoms with Gasteiger partial charge < -0.3 is 20.3 Å². The number of aliphatic carboxylic acids is 1. The molecule has 0 saturated carbocycles. The molecule has 24 heavy (non-hydrogen) atoms. The Morgan fingerprint density at radius 3 is 2.25 bits per heavy atom. The second kappa shape index (κ2) is 11.8. The summed E-state index contributed by atoms with van der Waals surface area (Å²) in [7, 11) is 1.33. The molecule has 0 heterocycles. The van der Waals surface area contributed by atoms with Crippen LogP contribution in [0.5, 0.6) is 0 Å². The number of hydrogen-bond acceptors (Lipinski definition) is 6. The van der Waals surface area contributed by atoms with E-state index in [4.69, 9.17) is 15.6 Å². The van der Waals surface area contributed by atoms with E-state index in [0.717, 1.165) is 5.56 Å². The predicted molar refractivity (Wildman–Crippen MR) is 87.9 cm³/mol. The zero-order valence-corrected chi connectivity index (χ0v) is 13.9. The molecule has 7 nitrogen and oxygen atoms in total. The first-order valence-corrected chi connectivity index (χ1v) is 7.19. The van der Waals surface area contributed by atoms with Gasteiger partial charge in [-0.3, -0.25) is 9.59 Å². The zero-order valence-electron chi connectivity index (χ0n) is 13.9. The Kier molecular flexibility index (Phi) is 10.5. The smallest absolute Gasteiger partial charge is 0.332 e. The maximum absolute atomic E-state index is 11.3. The summed E-state index contributed by atoms with van der Waals surface area (Å²) in [6.07, 6.45) is 0.100. The molecule has 0 aliphatic heterocycles. The molecule has 7 heteroatoms. The quantitative estimate of drug-likeness (QED) is 0.574. The number of carbonyl (C=O) groups is 3. The lowest BCUT2D eigenvalue weighted by Crippen LogP contribution is -2.30. The Morgan fingerprint density at radius 1 is 1.25 bits per heavy atom. The third-order valence-corrected chi connectivity index (χ3v) is 2.75. The van der Waals surface area contributed by atoms with Crippen molar-refractivity contribution in [2.45, 2.75) is 32.4 Å². The fourth-order valence-corrected chi connectivity index (χ4v) is 1.38. The molecule has 0 aromatic heterocycles. The number of hydrogen-bond donors (Lipinski definition) is 2. The van der Waals surface area contributed by atoms with Crippen LogP contribution >= 0.6 is 0 Å². The Hall–Kier alpha value is -2.67. The molecule has 1 atom stereocenters. The first-order chi connectivity index (χ1) is 11.3. The van der Waals surface area contributed by atoms with Crippen LogP contribution in [-0.2, 0) is 30.5 Å². The Balaban J connectivity index is 0.000000640. The van der Waals surface area contributed by atoms with Crippen LogP contribution in [0.4, 0.5) is 0 Å². The van der Waals surface area contributed by atoms with Gasteiger partial charge in [0.25, 0.3) is 0 Å². The van der Waals surface area contributed by atoms with Crippen molar-refractivity contribution in [1.29, 1.82) is 0 Å². The van der Waals surface area contributed by atoms with E-state index in [-0.39, 0.29) is 25.4 Å². The minimum atomic E-state index is -1.11. The highest BCUT2D eigenvalue weighted by molar-refractivity contribution is 5.86. The fraction of sp³-hybridized carbons (Fsp3) is 0.353. The third-order valence-electron chi connectivity index (χ3n) is 2.75. The molecular formula is C17H23NO6. The van der Waals surface area contributed by atoms with Crippen molar-refractivity contribution in [3.05, 3.63) is 48.0 Å². The van der Waals surface area contributed by atoms with Crippen LogP contribution in [0.3, 0.4) is 0 Å². The number of nitrogens with two attached hydrogens (primary N) is 1. The van der Waals surface area contributed by atoms with Gasteiger partial charge in [0.2, 0.25) is 0 Å². The summed E-state index contributed by atoms with van der Waals surface area (Å²) in [6, 6.07) is 8.25. The van der Waals surface area contributed by atoms with E-state index < -0.39 is 18.0 Å². The number of ether oxygens (including phenoxy) is 2. The summed E-state index contributed by atoms with van der Waals surface area (Å²) >= 11 is 0. The van der Waals surface area contributed by atoms with Gasteiger partial charge >= 0.3 is 17.9 Å². The van der Waals surface area contributed by atoms with E-state index in [0.29, 0.717) is 5.57 Å². The van der Waals surface area contributed by atoms with Crippen molar-refractivity contribution in [2.75, 3.05) is 7.11 Å². The van der Waals surface area contributed by atoms with Crippen LogP contribution < -0.4 is 5.73 Å². The Labute approximate surface area is 141 Å². The minimum Gasteiger partial charge on any atom is -0.480 e. The fourth-order valence-electron chi connectivity index (χ4n) is 1.38. The van der Waals surface area contributed by atoms with E-state index in [2.05, 4.69) is 11.3 Å². The highest BCUT2D eigenvalue weighted by Crippen LogP contribution is 2.03. The maximum atomic E-state index is 11.3. The summed E-state index contributed by atoms with van der Waals surface area (Å²) < 4.78 is 9.24. The third kappa shape index (κ3) is 10.1. The lowest BCUT2D eigenvalue weighted by atomic mass is 10.2. The standard InChI is InChI=1S/C12H15NO4.C5H8O2/c13-10(12(15)16)6-7-11(14)17-8-9-4-2-1-3-5-9;1-4(2)5(6)7-3/h1-5,10H,6-8,13H2,(H,15,16);1H2,2-3H3/t10-;/m0./s1. The zero-order chi connectivity index (χ0) is 18.5. The van der Waals surface area contributed by atoms with E-state index in [1.807, 2.05) is 30.3 Å². The summed E-state index contributed by atoms with van der Waals surface area (Å²) in [5.74, 6) is -1.90. The van der Waals surface area contributed by atoms with E-state index in [1.54, 1.807) is 6.92 Å². The predicted octanol–water partition coefficient (Wildman–Crippen LogP) is 1.66. The number of esters is 2. The molecule has 0 fully saturated rings. The monoisotopic (exact) mass is 337 g/mol. The van der Waals surface area contributed by atoms with Crippen LogP contribution in [-0.4, -0.2) is 36.2 Å². The van der Waals surface area contributed by atoms with Crippen LogP contribution in [0.15, 0.2) is 42.5 Å². The van der Waals surface area contributed by atoms with Crippen LogP contribution in [0, 0.1) is 0 Å². The van der Waals surface area contributed by atoms with Gasteiger partial charge in [-0.05, 0) is 18.9 Å². The van der Waals surface area contributed by atoms with Crippen molar-refractivity contribution in [3.8, 4) is 0 Å². The van der Waals surface area contributed by atoms with Gasteiger partial charge in [0.05, 0.1) is 7.11 Å². The number of rotatable bonds is 7. The highest BCUT2D eigenvalue weighted by Gasteiger charge is 2.14. The topological polar surface area (TPSA) is 116 Å². The Morgan fingerprint density at radius 2 is 1.83 bits per heavy atom. The van der Waals surface area contributed by atoms with Crippen molar-refractivity contribution in [3.63, 3.8) is 0 Å². The second-order valence-electron chi connectivity index (χ2n) is 4.90. The first kappa shape index (κ1) is 21.3. The molecule has 3 N–H and O–H groups in total. The molecule has 1 rings (SSSR count). The van der Waals surface area contributed by atoms with Crippen molar-refractivity contribution >= 4 is 17.9 Å². The minimum absolute atomic E-state index is 0.0142. The second-order valence-corrected chi connectivity index (χ2v) is 4.90. The molecule has 0 amide bonds. The molecule has 1 aromatic rings. The molecule has 0 bridgehead atoms. The van der Waals surface area contributed by atoms with Crippen LogP contribution in [0.1, 0.15) is 25.3 Å². The van der Waals surface area contributed by atoms with Crippen molar-refractivity contribution in [2.24, 2.45) is 5.73 Å². The Bertz CT molecular complexity index is 555. The molecular weight excluding hydrogens is 314 g/mol. The molecule has 0 spiro atoms. The van der Waals surface area contributed by atoms with Crippen molar-refractivity contribution in [1.82, 2.24) is 0 Å². The van der Waals surface area contributed by atoms with Gasteiger partial charge in [-0.2, -0.15) is 0 Å². The number of carboxylic acid groups (broad SMARTS) is 1. The first-order valence-electron chi connectivity index (χ1n) is 7.19. The summed E-state index contributed by atoms with van der Waals surface area (Å²) in [4.78, 5) is 31.9. The van der Waals surface area contributed by atoms with Crippen molar-refractivity contribution < 1.29 is 29.0 Å². The van der Waals surface area contributed by atoms with Gasteiger partial charge in [0.15, 0.2) is 0 Å². The number of methoxy groups -OCH3 is 1. The van der Waals surface area contributed by atoms with E-state index in [9.17, 15) is 14.4 Å². The van der Waals surface area contributed by atoms with Crippen LogP contribution in [0.2, 0.25) is 0 Å². The molecule has 132 valence electrons. The molecule has 0 aliphatic rings. The maximum Gasteiger partial charge on any atom is 0.332 e. The van der Waals surface area contributed by atoms with E-state index >= 15 is 0 Å². The van der Waals surface area contributed by atoms with E-state index in [1.165, 1.54) is 7.11 Å². The van der Waals surface area contributed by atoms with Gasteiger partial charge in [0, 0.05) is 12.0 Å². The number of carbonyl (C=O) groups excluding carboxylic acids is 2. The number of benzene rings is 1. The summed E-state index contributed by atoms with van der Waals surface area (Å²) in [5, 5.41) is 8.53. The lowest BCUT2D eigenvalue weighted by molar-refractivity contribution is -0.145. The average Bonchev–Trinajstić information content (AvgIpc) is 2.58. The SMILES string of the molecule is C=C(C)C(=O)OC.N[C@@H](CCC(=O)OCc1ccccc1)C(=O)O. The normalized spacial score (nSPS) is 10.6. The van der Waals surface area contributed by atoms with Crippen LogP contribution in [0.25, 0.3) is 0 Å². The molecule has 1 aromatic carbocycles. The number of carboxylic acids is 1. The van der Waals surface area contributed by atoms with Gasteiger partial charge in [0.1, 0.15) is 12.6 Å². The molecule has 0 aliphatic carbocycles. The highest BCUT2D eigenvalue weighted by atomic mass is 16.5. The molecule has 0 saturated heterocycles.